The van der Waals surface area contributed by atoms with E-state index in [1.165, 1.54) is 0 Å². The molecule has 3 N–H and O–H groups in total. The lowest BCUT2D eigenvalue weighted by atomic mass is 10.2. The minimum Gasteiger partial charge on any atom is -0.496 e. The summed E-state index contributed by atoms with van der Waals surface area (Å²) in [6.07, 6.45) is 1.79. The number of hydrogen-bond acceptors (Lipinski definition) is 5. The molecule has 1 saturated heterocycles. The van der Waals surface area contributed by atoms with Gasteiger partial charge in [-0.3, -0.25) is 4.79 Å². The second-order valence-corrected chi connectivity index (χ2v) is 7.13. The fourth-order valence-corrected chi connectivity index (χ4v) is 3.59. The highest BCUT2D eigenvalue weighted by molar-refractivity contribution is 6.31. The molecule has 1 fully saturated rings. The third-order valence-electron chi connectivity index (χ3n) is 4.83. The van der Waals surface area contributed by atoms with Gasteiger partial charge in [-0.05, 0) is 35.9 Å². The summed E-state index contributed by atoms with van der Waals surface area (Å²) in [4.78, 5) is 22.4. The van der Waals surface area contributed by atoms with Gasteiger partial charge in [-0.15, -0.1) is 0 Å². The van der Waals surface area contributed by atoms with Gasteiger partial charge in [-0.1, -0.05) is 11.6 Å². The Bertz CT molecular complexity index is 997. The summed E-state index contributed by atoms with van der Waals surface area (Å²) in [6, 6.07) is 9.23. The van der Waals surface area contributed by atoms with Crippen LogP contribution in [0.2, 0.25) is 5.02 Å². The van der Waals surface area contributed by atoms with Gasteiger partial charge in [0.15, 0.2) is 0 Å². The molecule has 0 atom stereocenters. The number of rotatable bonds is 5. The van der Waals surface area contributed by atoms with Gasteiger partial charge in [0.1, 0.15) is 17.3 Å². The van der Waals surface area contributed by atoms with E-state index in [4.69, 9.17) is 16.3 Å². The molecule has 1 amide bonds. The van der Waals surface area contributed by atoms with Gasteiger partial charge < -0.3 is 25.3 Å². The van der Waals surface area contributed by atoms with E-state index in [-0.39, 0.29) is 5.91 Å². The predicted octanol–water partition coefficient (Wildman–Crippen LogP) is 2.56. The number of methoxy groups -OCH3 is 1. The van der Waals surface area contributed by atoms with Crippen LogP contribution < -0.4 is 20.3 Å². The van der Waals surface area contributed by atoms with Crippen molar-refractivity contribution in [3.63, 3.8) is 0 Å². The Labute approximate surface area is 168 Å². The lowest BCUT2D eigenvalue weighted by Crippen LogP contribution is -2.43. The molecule has 0 aliphatic carbocycles. The summed E-state index contributed by atoms with van der Waals surface area (Å²) in [5, 5.41) is 7.66. The minimum absolute atomic E-state index is 0.185. The Kier molecular flexibility index (Phi) is 5.36. The van der Waals surface area contributed by atoms with Gasteiger partial charge in [0.05, 0.1) is 12.6 Å². The van der Waals surface area contributed by atoms with Gasteiger partial charge in [0, 0.05) is 49.3 Å². The van der Waals surface area contributed by atoms with Crippen molar-refractivity contribution in [3.8, 4) is 5.75 Å². The number of piperazine rings is 1. The van der Waals surface area contributed by atoms with Crippen molar-refractivity contribution in [1.82, 2.24) is 20.6 Å². The number of amides is 1. The smallest absolute Gasteiger partial charge is 0.267 e. The third kappa shape index (κ3) is 3.90. The molecule has 0 unspecified atom stereocenters. The summed E-state index contributed by atoms with van der Waals surface area (Å²) < 4.78 is 5.35. The lowest BCUT2D eigenvalue weighted by molar-refractivity contribution is 0.0946. The molecule has 7 nitrogen and oxygen atoms in total. The maximum atomic E-state index is 12.6. The number of benzene rings is 1. The number of carbonyl (C=O) groups excluding carboxylic acids is 1. The first-order valence-electron chi connectivity index (χ1n) is 9.19. The van der Waals surface area contributed by atoms with E-state index in [1.807, 2.05) is 12.1 Å². The number of halogens is 1. The van der Waals surface area contributed by atoms with Crippen LogP contribution in [0.1, 0.15) is 16.1 Å². The number of nitrogens with zero attached hydrogens (tertiary/aromatic N) is 2. The predicted molar refractivity (Wildman–Crippen MR) is 110 cm³/mol. The normalized spacial score (nSPS) is 14.3. The van der Waals surface area contributed by atoms with Crippen LogP contribution in [0.4, 0.5) is 5.82 Å². The fourth-order valence-electron chi connectivity index (χ4n) is 3.38. The first-order valence-corrected chi connectivity index (χ1v) is 9.57. The summed E-state index contributed by atoms with van der Waals surface area (Å²) in [6.45, 7) is 4.20. The van der Waals surface area contributed by atoms with Crippen molar-refractivity contribution in [1.29, 1.82) is 0 Å². The van der Waals surface area contributed by atoms with E-state index in [0.717, 1.165) is 48.5 Å². The Balaban J connectivity index is 1.46. The molecule has 3 heterocycles. The van der Waals surface area contributed by atoms with Crippen LogP contribution in [-0.4, -0.2) is 49.2 Å². The maximum Gasteiger partial charge on any atom is 0.267 e. The van der Waals surface area contributed by atoms with Crippen LogP contribution in [0.25, 0.3) is 10.9 Å². The van der Waals surface area contributed by atoms with Crippen LogP contribution >= 0.6 is 11.6 Å². The molecule has 0 saturated carbocycles. The summed E-state index contributed by atoms with van der Waals surface area (Å²) in [5.74, 6) is 1.39. The van der Waals surface area contributed by atoms with Gasteiger partial charge in [-0.25, -0.2) is 4.98 Å². The molecule has 1 aromatic carbocycles. The molecule has 1 aliphatic rings. The van der Waals surface area contributed by atoms with E-state index in [1.54, 1.807) is 31.5 Å². The molecule has 146 valence electrons. The van der Waals surface area contributed by atoms with Crippen molar-refractivity contribution in [2.45, 2.75) is 6.54 Å². The molecule has 3 aromatic rings. The van der Waals surface area contributed by atoms with E-state index in [9.17, 15) is 4.79 Å². The molecule has 1 aliphatic heterocycles. The number of aromatic amines is 1. The molecule has 0 bridgehead atoms. The Morgan fingerprint density at radius 1 is 1.29 bits per heavy atom. The van der Waals surface area contributed by atoms with Gasteiger partial charge >= 0.3 is 0 Å². The first-order chi connectivity index (χ1) is 13.6. The number of anilines is 1. The molecule has 0 radical (unpaired) electrons. The van der Waals surface area contributed by atoms with Gasteiger partial charge in [0.2, 0.25) is 0 Å². The molecular formula is C20H22ClN5O2. The fraction of sp³-hybridized carbons (Fsp3) is 0.300. The van der Waals surface area contributed by atoms with E-state index in [2.05, 4.69) is 25.5 Å². The highest BCUT2D eigenvalue weighted by atomic mass is 35.5. The number of nitrogens with one attached hydrogen (secondary N) is 3. The number of carbonyl (C=O) groups is 1. The largest absolute Gasteiger partial charge is 0.496 e. The number of pyridine rings is 1. The Morgan fingerprint density at radius 3 is 2.89 bits per heavy atom. The number of ether oxygens (including phenoxy) is 1. The lowest BCUT2D eigenvalue weighted by Gasteiger charge is -2.28. The van der Waals surface area contributed by atoms with Crippen LogP contribution in [0.3, 0.4) is 0 Å². The highest BCUT2D eigenvalue weighted by Crippen LogP contribution is 2.30. The first kappa shape index (κ1) is 18.6. The van der Waals surface area contributed by atoms with Gasteiger partial charge in [0.25, 0.3) is 5.91 Å². The standard InChI is InChI=1S/C20H22ClN5O2/c1-28-18-10-14(21)9-16-15(18)11-17(25-16)20(27)24-12-13-2-3-23-19(8-13)26-6-4-22-5-7-26/h2-3,8-11,22,25H,4-7,12H2,1H3,(H,24,27). The molecule has 4 rings (SSSR count). The van der Waals surface area contributed by atoms with E-state index in [0.29, 0.717) is 23.0 Å². The Morgan fingerprint density at radius 2 is 2.11 bits per heavy atom. The average Bonchev–Trinajstić information content (AvgIpc) is 3.16. The van der Waals surface area contributed by atoms with Crippen molar-refractivity contribution in [2.75, 3.05) is 38.2 Å². The van der Waals surface area contributed by atoms with Gasteiger partial charge in [-0.2, -0.15) is 0 Å². The SMILES string of the molecule is COc1cc(Cl)cc2[nH]c(C(=O)NCc3ccnc(N4CCNCC4)c3)cc12. The maximum absolute atomic E-state index is 12.6. The zero-order valence-corrected chi connectivity index (χ0v) is 16.3. The monoisotopic (exact) mass is 399 g/mol. The quantitative estimate of drug-likeness (QED) is 0.614. The molecule has 0 spiro atoms. The van der Waals surface area contributed by atoms with Crippen LogP contribution in [0.15, 0.2) is 36.5 Å². The van der Waals surface area contributed by atoms with Crippen LogP contribution in [0.5, 0.6) is 5.75 Å². The van der Waals surface area contributed by atoms with E-state index < -0.39 is 0 Å². The molecular weight excluding hydrogens is 378 g/mol. The number of H-pyrrole nitrogens is 1. The topological polar surface area (TPSA) is 82.3 Å². The third-order valence-corrected chi connectivity index (χ3v) is 5.05. The average molecular weight is 400 g/mol. The zero-order valence-electron chi connectivity index (χ0n) is 15.6. The zero-order chi connectivity index (χ0) is 19.5. The molecule has 28 heavy (non-hydrogen) atoms. The van der Waals surface area contributed by atoms with Crippen molar-refractivity contribution < 1.29 is 9.53 Å². The Hall–Kier alpha value is -2.77. The summed E-state index contributed by atoms with van der Waals surface area (Å²) in [5.41, 5.74) is 2.24. The van der Waals surface area contributed by atoms with Crippen molar-refractivity contribution >= 4 is 34.2 Å². The molecule has 2 aromatic heterocycles. The summed E-state index contributed by atoms with van der Waals surface area (Å²) >= 11 is 6.10. The second kappa shape index (κ2) is 8.08. The van der Waals surface area contributed by atoms with Crippen molar-refractivity contribution in [2.24, 2.45) is 0 Å². The highest BCUT2D eigenvalue weighted by Gasteiger charge is 2.14. The van der Waals surface area contributed by atoms with Crippen LogP contribution in [0, 0.1) is 0 Å². The van der Waals surface area contributed by atoms with Crippen molar-refractivity contribution in [3.05, 3.63) is 52.8 Å². The number of fused-ring (bicyclic) bond motifs is 1. The van der Waals surface area contributed by atoms with Crippen LogP contribution in [-0.2, 0) is 6.54 Å². The number of aromatic nitrogens is 2. The van der Waals surface area contributed by atoms with E-state index >= 15 is 0 Å². The second-order valence-electron chi connectivity index (χ2n) is 6.69. The number of hydrogen-bond donors (Lipinski definition) is 3. The summed E-state index contributed by atoms with van der Waals surface area (Å²) in [7, 11) is 1.58. The minimum atomic E-state index is -0.185. The molecule has 8 heteroatoms.